The zero-order valence-electron chi connectivity index (χ0n) is 10.9. The van der Waals surface area contributed by atoms with Crippen molar-refractivity contribution < 1.29 is 9.59 Å². The minimum Gasteiger partial charge on any atom is -0.326 e. The predicted molar refractivity (Wildman–Crippen MR) is 69.2 cm³/mol. The van der Waals surface area contributed by atoms with Gasteiger partial charge < -0.3 is 10.1 Å². The lowest BCUT2D eigenvalue weighted by Crippen LogP contribution is -2.13. The summed E-state index contributed by atoms with van der Waals surface area (Å²) in [4.78, 5) is 22.4. The highest BCUT2D eigenvalue weighted by Gasteiger charge is 2.08. The van der Waals surface area contributed by atoms with E-state index in [-0.39, 0.29) is 18.1 Å². The van der Waals surface area contributed by atoms with Gasteiger partial charge in [0.15, 0.2) is 0 Å². The van der Waals surface area contributed by atoms with E-state index >= 15 is 0 Å². The van der Waals surface area contributed by atoms with Crippen LogP contribution in [0.3, 0.4) is 0 Å². The summed E-state index contributed by atoms with van der Waals surface area (Å²) in [5.74, 6) is -0.0662. The van der Waals surface area contributed by atoms with E-state index in [1.54, 1.807) is 0 Å². The van der Waals surface area contributed by atoms with Gasteiger partial charge in [0.25, 0.3) is 0 Å². The highest BCUT2D eigenvalue weighted by Crippen LogP contribution is 2.21. The quantitative estimate of drug-likeness (QED) is 0.869. The summed E-state index contributed by atoms with van der Waals surface area (Å²) in [7, 11) is 0. The molecule has 0 heterocycles. The molecule has 3 heteroatoms. The van der Waals surface area contributed by atoms with Crippen LogP contribution in [-0.2, 0) is 9.59 Å². The maximum absolute atomic E-state index is 11.6. The van der Waals surface area contributed by atoms with Crippen molar-refractivity contribution in [2.75, 3.05) is 5.32 Å². The fourth-order valence-electron chi connectivity index (χ4n) is 1.59. The molecule has 1 aromatic rings. The Morgan fingerprint density at radius 1 is 1.06 bits per heavy atom. The number of carbonyl (C=O) groups excluding carboxylic acids is 2. The Labute approximate surface area is 102 Å². The minimum atomic E-state index is -0.105. The van der Waals surface area contributed by atoms with Crippen molar-refractivity contribution in [1.29, 1.82) is 0 Å². The molecule has 0 bridgehead atoms. The van der Waals surface area contributed by atoms with Gasteiger partial charge in [0.1, 0.15) is 5.78 Å². The normalized spacial score (nSPS) is 10.1. The number of anilines is 1. The average molecular weight is 233 g/mol. The lowest BCUT2D eigenvalue weighted by molar-refractivity contribution is -0.121. The lowest BCUT2D eigenvalue weighted by Gasteiger charge is -2.12. The number of hydrogen-bond acceptors (Lipinski definition) is 2. The number of nitrogens with one attached hydrogen (secondary N) is 1. The number of aryl methyl sites for hydroxylation is 1. The van der Waals surface area contributed by atoms with Crippen molar-refractivity contribution in [3.05, 3.63) is 28.8 Å². The van der Waals surface area contributed by atoms with Gasteiger partial charge in [0.05, 0.1) is 0 Å². The molecule has 1 aromatic carbocycles. The third-order valence-electron chi connectivity index (χ3n) is 3.04. The molecule has 0 atom stereocenters. The highest BCUT2D eigenvalue weighted by molar-refractivity contribution is 5.94. The van der Waals surface area contributed by atoms with E-state index in [9.17, 15) is 9.59 Å². The van der Waals surface area contributed by atoms with Crippen LogP contribution in [0.4, 0.5) is 5.69 Å². The molecule has 1 rings (SSSR count). The van der Waals surface area contributed by atoms with Crippen LogP contribution >= 0.6 is 0 Å². The summed E-state index contributed by atoms with van der Waals surface area (Å²) in [6.07, 6.45) is 0.553. The first-order valence-electron chi connectivity index (χ1n) is 5.78. The Balaban J connectivity index is 2.72. The van der Waals surface area contributed by atoms with Crippen LogP contribution in [0.1, 0.15) is 36.5 Å². The topological polar surface area (TPSA) is 46.2 Å². The largest absolute Gasteiger partial charge is 0.326 e. The molecule has 0 aliphatic rings. The Morgan fingerprint density at radius 3 is 2.29 bits per heavy atom. The van der Waals surface area contributed by atoms with Crippen LogP contribution in [0, 0.1) is 20.8 Å². The number of benzene rings is 1. The number of rotatable bonds is 4. The second kappa shape index (κ2) is 5.62. The van der Waals surface area contributed by atoms with E-state index in [1.807, 2.05) is 32.9 Å². The zero-order valence-corrected chi connectivity index (χ0v) is 10.9. The highest BCUT2D eigenvalue weighted by atomic mass is 16.2. The fourth-order valence-corrected chi connectivity index (χ4v) is 1.59. The molecule has 0 fully saturated rings. The van der Waals surface area contributed by atoms with E-state index in [1.165, 1.54) is 18.1 Å². The van der Waals surface area contributed by atoms with Crippen LogP contribution in [0.25, 0.3) is 0 Å². The maximum atomic E-state index is 11.6. The molecule has 92 valence electrons. The molecule has 0 unspecified atom stereocenters. The van der Waals surface area contributed by atoms with Crippen molar-refractivity contribution in [3.63, 3.8) is 0 Å². The van der Waals surface area contributed by atoms with Gasteiger partial charge in [0, 0.05) is 18.5 Å². The van der Waals surface area contributed by atoms with E-state index in [2.05, 4.69) is 5.32 Å². The smallest absolute Gasteiger partial charge is 0.224 e. The molecule has 1 N–H and O–H groups in total. The first-order chi connectivity index (χ1) is 7.91. The number of Topliss-reactive ketones (excluding diaryl/α,β-unsaturated/α-hetero) is 1. The molecule has 0 aromatic heterocycles. The first kappa shape index (κ1) is 13.4. The summed E-state index contributed by atoms with van der Waals surface area (Å²) < 4.78 is 0. The molecule has 1 amide bonds. The SMILES string of the molecule is CC(=O)CCC(=O)Nc1ccc(C)c(C)c1C. The van der Waals surface area contributed by atoms with Gasteiger partial charge in [-0.05, 0) is 50.5 Å². The molecule has 0 saturated heterocycles. The van der Waals surface area contributed by atoms with E-state index in [0.29, 0.717) is 6.42 Å². The van der Waals surface area contributed by atoms with Crippen molar-refractivity contribution in [1.82, 2.24) is 0 Å². The molecule has 0 spiro atoms. The Kier molecular flexibility index (Phi) is 4.44. The molecule has 0 saturated carbocycles. The monoisotopic (exact) mass is 233 g/mol. The minimum absolute atomic E-state index is 0.0389. The lowest BCUT2D eigenvalue weighted by atomic mass is 10.0. The molecular formula is C14H19NO2. The van der Waals surface area contributed by atoms with Gasteiger partial charge in [-0.25, -0.2) is 0 Å². The van der Waals surface area contributed by atoms with E-state index in [4.69, 9.17) is 0 Å². The molecule has 0 aliphatic carbocycles. The summed E-state index contributed by atoms with van der Waals surface area (Å²) in [5.41, 5.74) is 4.32. The molecule has 17 heavy (non-hydrogen) atoms. The third kappa shape index (κ3) is 3.70. The van der Waals surface area contributed by atoms with Crippen molar-refractivity contribution in [2.45, 2.75) is 40.5 Å². The van der Waals surface area contributed by atoms with Gasteiger partial charge in [-0.1, -0.05) is 6.07 Å². The maximum Gasteiger partial charge on any atom is 0.224 e. The van der Waals surface area contributed by atoms with Crippen molar-refractivity contribution >= 4 is 17.4 Å². The Bertz CT molecular complexity index is 450. The number of hydrogen-bond donors (Lipinski definition) is 1. The van der Waals surface area contributed by atoms with Gasteiger partial charge in [-0.3, -0.25) is 4.79 Å². The van der Waals surface area contributed by atoms with Gasteiger partial charge in [-0.15, -0.1) is 0 Å². The van der Waals surface area contributed by atoms with Crippen molar-refractivity contribution in [3.8, 4) is 0 Å². The Hall–Kier alpha value is -1.64. The second-order valence-electron chi connectivity index (χ2n) is 4.43. The summed E-state index contributed by atoms with van der Waals surface area (Å²) >= 11 is 0. The van der Waals surface area contributed by atoms with Gasteiger partial charge in [0.2, 0.25) is 5.91 Å². The van der Waals surface area contributed by atoms with E-state index in [0.717, 1.165) is 11.3 Å². The number of amides is 1. The van der Waals surface area contributed by atoms with Gasteiger partial charge >= 0.3 is 0 Å². The number of ketones is 1. The van der Waals surface area contributed by atoms with E-state index < -0.39 is 0 Å². The second-order valence-corrected chi connectivity index (χ2v) is 4.43. The van der Waals surface area contributed by atoms with Crippen LogP contribution in [0.2, 0.25) is 0 Å². The zero-order chi connectivity index (χ0) is 13.0. The number of carbonyl (C=O) groups is 2. The molecule has 3 nitrogen and oxygen atoms in total. The predicted octanol–water partition coefficient (Wildman–Crippen LogP) is 2.92. The Morgan fingerprint density at radius 2 is 1.71 bits per heavy atom. The fraction of sp³-hybridized carbons (Fsp3) is 0.429. The van der Waals surface area contributed by atoms with Crippen LogP contribution in [0.5, 0.6) is 0 Å². The van der Waals surface area contributed by atoms with Crippen molar-refractivity contribution in [2.24, 2.45) is 0 Å². The first-order valence-corrected chi connectivity index (χ1v) is 5.78. The summed E-state index contributed by atoms with van der Waals surface area (Å²) in [6, 6.07) is 3.90. The average Bonchev–Trinajstić information content (AvgIpc) is 2.27. The third-order valence-corrected chi connectivity index (χ3v) is 3.04. The molecular weight excluding hydrogens is 214 g/mol. The summed E-state index contributed by atoms with van der Waals surface area (Å²) in [6.45, 7) is 7.57. The summed E-state index contributed by atoms with van der Waals surface area (Å²) in [5, 5.41) is 2.84. The standard InChI is InChI=1S/C14H19NO2/c1-9-5-7-13(12(4)11(9)3)15-14(17)8-6-10(2)16/h5,7H,6,8H2,1-4H3,(H,15,17). The van der Waals surface area contributed by atoms with Crippen LogP contribution in [-0.4, -0.2) is 11.7 Å². The molecule has 0 radical (unpaired) electrons. The van der Waals surface area contributed by atoms with Crippen LogP contribution in [0.15, 0.2) is 12.1 Å². The van der Waals surface area contributed by atoms with Crippen LogP contribution < -0.4 is 5.32 Å². The van der Waals surface area contributed by atoms with Gasteiger partial charge in [-0.2, -0.15) is 0 Å². The molecule has 0 aliphatic heterocycles.